The molecule has 2 aromatic carbocycles. The van der Waals surface area contributed by atoms with Crippen molar-refractivity contribution < 1.29 is 31.2 Å². The zero-order valence-electron chi connectivity index (χ0n) is 17.1. The smallest absolute Gasteiger partial charge is 0.416 e. The number of hydroxylamine groups is 1. The van der Waals surface area contributed by atoms with Crippen LogP contribution in [0.5, 0.6) is 5.75 Å². The average molecular weight is 459 g/mol. The Morgan fingerprint density at radius 1 is 1.10 bits per heavy atom. The van der Waals surface area contributed by atoms with E-state index in [0.29, 0.717) is 43.9 Å². The second-order valence-electron chi connectivity index (χ2n) is 7.19. The number of piperidine rings is 1. The van der Waals surface area contributed by atoms with E-state index in [2.05, 4.69) is 5.48 Å². The zero-order chi connectivity index (χ0) is 22.5. The molecule has 6 nitrogen and oxygen atoms in total. The van der Waals surface area contributed by atoms with Crippen molar-refractivity contribution in [2.24, 2.45) is 0 Å². The van der Waals surface area contributed by atoms with Crippen molar-refractivity contribution in [2.75, 3.05) is 19.7 Å². The van der Waals surface area contributed by atoms with Crippen LogP contribution in [-0.4, -0.2) is 38.5 Å². The van der Waals surface area contributed by atoms with Crippen molar-refractivity contribution in [1.82, 2.24) is 9.79 Å². The molecule has 0 atom stereocenters. The second-order valence-corrected chi connectivity index (χ2v) is 9.13. The summed E-state index contributed by atoms with van der Waals surface area (Å²) in [6.07, 6.45) is -3.34. The summed E-state index contributed by atoms with van der Waals surface area (Å²) in [6, 6.07) is 11.2. The summed E-state index contributed by atoms with van der Waals surface area (Å²) >= 11 is 0. The molecule has 0 amide bonds. The number of halogens is 3. The van der Waals surface area contributed by atoms with E-state index in [1.807, 2.05) is 6.92 Å². The lowest BCUT2D eigenvalue weighted by Gasteiger charge is -2.31. The van der Waals surface area contributed by atoms with E-state index in [1.54, 1.807) is 18.2 Å². The first-order valence-electron chi connectivity index (χ1n) is 9.96. The molecule has 1 fully saturated rings. The number of nitrogens with zero attached hydrogens (tertiary/aromatic N) is 1. The highest BCUT2D eigenvalue weighted by Crippen LogP contribution is 2.29. The first-order valence-corrected chi connectivity index (χ1v) is 11.4. The molecular formula is C21H25F3N2O4S. The van der Waals surface area contributed by atoms with Gasteiger partial charge in [-0.25, -0.2) is 8.42 Å². The van der Waals surface area contributed by atoms with Crippen LogP contribution in [0.4, 0.5) is 13.2 Å². The summed E-state index contributed by atoms with van der Waals surface area (Å²) in [5, 5.41) is 0. The summed E-state index contributed by atoms with van der Waals surface area (Å²) in [6.45, 7) is 2.98. The fraction of sp³-hybridized carbons (Fsp3) is 0.429. The fourth-order valence-electron chi connectivity index (χ4n) is 3.32. The molecule has 1 saturated heterocycles. The monoisotopic (exact) mass is 458 g/mol. The first kappa shape index (κ1) is 23.5. The lowest BCUT2D eigenvalue weighted by Crippen LogP contribution is -2.44. The number of sulfonamides is 1. The standard InChI is InChI=1S/C21H25F3N2O4S/c1-2-29-19-6-8-20(9-7-19)31(27,28)26-12-10-18(11-13-26)25-30-15-16-4-3-5-17(14-16)21(22,23)24/h3-9,14,18,25H,2,10-13,15H2,1H3. The largest absolute Gasteiger partial charge is 0.494 e. The Morgan fingerprint density at radius 3 is 2.39 bits per heavy atom. The van der Waals surface area contributed by atoms with Crippen LogP contribution >= 0.6 is 0 Å². The molecule has 2 aromatic rings. The van der Waals surface area contributed by atoms with Gasteiger partial charge in [-0.15, -0.1) is 0 Å². The Morgan fingerprint density at radius 2 is 1.77 bits per heavy atom. The molecule has 0 aliphatic carbocycles. The first-order chi connectivity index (χ1) is 14.7. The molecule has 3 rings (SSSR count). The molecule has 170 valence electrons. The highest BCUT2D eigenvalue weighted by Gasteiger charge is 2.31. The number of alkyl halides is 3. The molecule has 1 heterocycles. The summed E-state index contributed by atoms with van der Waals surface area (Å²) in [5.74, 6) is 0.613. The van der Waals surface area contributed by atoms with Crippen LogP contribution < -0.4 is 10.2 Å². The molecule has 10 heteroatoms. The SMILES string of the molecule is CCOc1ccc(S(=O)(=O)N2CCC(NOCc3cccc(C(F)(F)F)c3)CC2)cc1. The molecule has 31 heavy (non-hydrogen) atoms. The minimum atomic E-state index is -4.40. The predicted octanol–water partition coefficient (Wildman–Crippen LogP) is 3.98. The number of ether oxygens (including phenoxy) is 1. The highest BCUT2D eigenvalue weighted by atomic mass is 32.2. The topological polar surface area (TPSA) is 67.9 Å². The summed E-state index contributed by atoms with van der Waals surface area (Å²) in [7, 11) is -3.60. The minimum absolute atomic E-state index is 0.0192. The zero-order valence-corrected chi connectivity index (χ0v) is 17.9. The number of hydrogen-bond donors (Lipinski definition) is 1. The molecule has 0 unspecified atom stereocenters. The third-order valence-electron chi connectivity index (χ3n) is 4.97. The van der Waals surface area contributed by atoms with Gasteiger partial charge in [-0.05, 0) is 61.7 Å². The van der Waals surface area contributed by atoms with Crippen LogP contribution in [0.15, 0.2) is 53.4 Å². The molecular weight excluding hydrogens is 433 g/mol. The maximum Gasteiger partial charge on any atom is 0.416 e. The Hall–Kier alpha value is -2.14. The maximum atomic E-state index is 12.8. The van der Waals surface area contributed by atoms with Crippen molar-refractivity contribution >= 4 is 10.0 Å². The number of benzene rings is 2. The van der Waals surface area contributed by atoms with E-state index < -0.39 is 21.8 Å². The van der Waals surface area contributed by atoms with Gasteiger partial charge in [-0.1, -0.05) is 12.1 Å². The van der Waals surface area contributed by atoms with Crippen LogP contribution in [0.2, 0.25) is 0 Å². The predicted molar refractivity (Wildman–Crippen MR) is 109 cm³/mol. The van der Waals surface area contributed by atoms with Crippen molar-refractivity contribution in [3.05, 3.63) is 59.7 Å². The van der Waals surface area contributed by atoms with E-state index in [9.17, 15) is 21.6 Å². The van der Waals surface area contributed by atoms with Gasteiger partial charge in [0.2, 0.25) is 10.0 Å². The van der Waals surface area contributed by atoms with Crippen LogP contribution in [0.25, 0.3) is 0 Å². The van der Waals surface area contributed by atoms with E-state index in [0.717, 1.165) is 12.1 Å². The van der Waals surface area contributed by atoms with E-state index >= 15 is 0 Å². The number of nitrogens with one attached hydrogen (secondary N) is 1. The van der Waals surface area contributed by atoms with Crippen LogP contribution in [-0.2, 0) is 27.6 Å². The van der Waals surface area contributed by atoms with Gasteiger partial charge < -0.3 is 4.74 Å². The highest BCUT2D eigenvalue weighted by molar-refractivity contribution is 7.89. The number of rotatable bonds is 8. The van der Waals surface area contributed by atoms with Crippen LogP contribution in [0.3, 0.4) is 0 Å². The third kappa shape index (κ3) is 6.19. The summed E-state index contributed by atoms with van der Waals surface area (Å²) in [4.78, 5) is 5.58. The molecule has 0 bridgehead atoms. The van der Waals surface area contributed by atoms with Gasteiger partial charge in [-0.3, -0.25) is 4.84 Å². The van der Waals surface area contributed by atoms with Gasteiger partial charge in [-0.2, -0.15) is 23.0 Å². The van der Waals surface area contributed by atoms with Crippen molar-refractivity contribution in [1.29, 1.82) is 0 Å². The van der Waals surface area contributed by atoms with Crippen molar-refractivity contribution in [2.45, 2.75) is 43.5 Å². The lowest BCUT2D eigenvalue weighted by atomic mass is 10.1. The van der Waals surface area contributed by atoms with E-state index in [1.165, 1.54) is 22.5 Å². The van der Waals surface area contributed by atoms with Gasteiger partial charge in [0.05, 0.1) is 23.7 Å². The maximum absolute atomic E-state index is 12.8. The molecule has 1 aliphatic heterocycles. The van der Waals surface area contributed by atoms with Gasteiger partial charge >= 0.3 is 6.18 Å². The van der Waals surface area contributed by atoms with E-state index in [-0.39, 0.29) is 17.5 Å². The summed E-state index contributed by atoms with van der Waals surface area (Å²) in [5.41, 5.74) is 2.52. The molecule has 1 N–H and O–H groups in total. The van der Waals surface area contributed by atoms with Gasteiger partial charge in [0.1, 0.15) is 5.75 Å². The minimum Gasteiger partial charge on any atom is -0.494 e. The van der Waals surface area contributed by atoms with Gasteiger partial charge in [0.25, 0.3) is 0 Å². The van der Waals surface area contributed by atoms with Gasteiger partial charge in [0, 0.05) is 19.1 Å². The molecule has 0 radical (unpaired) electrons. The fourth-order valence-corrected chi connectivity index (χ4v) is 4.79. The average Bonchev–Trinajstić information content (AvgIpc) is 2.74. The Bertz CT molecular complexity index is 957. The lowest BCUT2D eigenvalue weighted by molar-refractivity contribution is -0.137. The summed E-state index contributed by atoms with van der Waals surface area (Å²) < 4.78 is 70.7. The number of hydrogen-bond acceptors (Lipinski definition) is 5. The van der Waals surface area contributed by atoms with Crippen LogP contribution in [0.1, 0.15) is 30.9 Å². The Kier molecular flexibility index (Phi) is 7.58. The van der Waals surface area contributed by atoms with E-state index in [4.69, 9.17) is 9.57 Å². The normalized spacial score (nSPS) is 16.4. The quantitative estimate of drug-likeness (QED) is 0.606. The molecule has 0 spiro atoms. The van der Waals surface area contributed by atoms with Crippen molar-refractivity contribution in [3.8, 4) is 5.75 Å². The molecule has 1 aliphatic rings. The third-order valence-corrected chi connectivity index (χ3v) is 6.88. The van der Waals surface area contributed by atoms with Crippen molar-refractivity contribution in [3.63, 3.8) is 0 Å². The molecule has 0 saturated carbocycles. The van der Waals surface area contributed by atoms with Crippen LogP contribution in [0, 0.1) is 0 Å². The second kappa shape index (κ2) is 9.99. The molecule has 0 aromatic heterocycles. The Balaban J connectivity index is 1.48. The van der Waals surface area contributed by atoms with Gasteiger partial charge in [0.15, 0.2) is 0 Å². The Labute approximate surface area is 180 Å².